The molecule has 0 radical (unpaired) electrons. The minimum atomic E-state index is -0.972. The smallest absolute Gasteiger partial charge is 0.311 e. The number of aryl methyl sites for hydroxylation is 1. The topological polar surface area (TPSA) is 84.7 Å². The van der Waals surface area contributed by atoms with E-state index in [1.165, 1.54) is 7.11 Å². The Balaban J connectivity index is 2.24. The van der Waals surface area contributed by atoms with Gasteiger partial charge in [0.1, 0.15) is 0 Å². The number of nitrogens with zero attached hydrogens (tertiary/aromatic N) is 3. The van der Waals surface area contributed by atoms with Crippen LogP contribution >= 0.6 is 11.6 Å². The van der Waals surface area contributed by atoms with Crippen LogP contribution < -0.4 is 0 Å². The molecule has 23 heavy (non-hydrogen) atoms. The average Bonchev–Trinajstić information content (AvgIpc) is 2.79. The van der Waals surface area contributed by atoms with Crippen molar-refractivity contribution in [3.63, 3.8) is 0 Å². The highest BCUT2D eigenvalue weighted by molar-refractivity contribution is 6.34. The first-order chi connectivity index (χ1) is 10.8. The van der Waals surface area contributed by atoms with Crippen LogP contribution in [0.5, 0.6) is 0 Å². The SMILES string of the molecule is COCC[C@]1(C(=O)O)CCCN(C(=O)c2nn(C)c(C)c2Cl)C1. The van der Waals surface area contributed by atoms with Gasteiger partial charge in [0.05, 0.1) is 16.1 Å². The maximum atomic E-state index is 12.7. The van der Waals surface area contributed by atoms with Crippen molar-refractivity contribution in [2.24, 2.45) is 12.5 Å². The summed E-state index contributed by atoms with van der Waals surface area (Å²) in [4.78, 5) is 26.0. The van der Waals surface area contributed by atoms with Crippen LogP contribution in [0.25, 0.3) is 0 Å². The van der Waals surface area contributed by atoms with Gasteiger partial charge >= 0.3 is 5.97 Å². The average molecular weight is 344 g/mol. The standard InChI is InChI=1S/C15H22ClN3O4/c1-10-11(16)12(17-18(10)2)13(20)19-7-4-5-15(9-19,14(21)22)6-8-23-3/h4-9H2,1-3H3,(H,21,22)/t15-/m1/s1. The van der Waals surface area contributed by atoms with E-state index in [1.807, 2.05) is 0 Å². The van der Waals surface area contributed by atoms with Crippen molar-refractivity contribution < 1.29 is 19.4 Å². The van der Waals surface area contributed by atoms with Gasteiger partial charge < -0.3 is 14.7 Å². The number of halogens is 1. The van der Waals surface area contributed by atoms with E-state index in [2.05, 4.69) is 5.10 Å². The molecule has 1 fully saturated rings. The van der Waals surface area contributed by atoms with Crippen molar-refractivity contribution in [3.8, 4) is 0 Å². The third-order valence-electron chi connectivity index (χ3n) is 4.57. The van der Waals surface area contributed by atoms with Gasteiger partial charge in [-0.2, -0.15) is 5.10 Å². The molecule has 0 aliphatic carbocycles. The second kappa shape index (κ2) is 6.88. The Kier molecular flexibility index (Phi) is 5.31. The number of ether oxygens (including phenoxy) is 1. The number of aromatic nitrogens is 2. The van der Waals surface area contributed by atoms with Crippen LogP contribution in [0.15, 0.2) is 0 Å². The molecular formula is C15H22ClN3O4. The van der Waals surface area contributed by atoms with Gasteiger partial charge in [-0.25, -0.2) is 0 Å². The zero-order valence-electron chi connectivity index (χ0n) is 13.6. The maximum absolute atomic E-state index is 12.7. The largest absolute Gasteiger partial charge is 0.481 e. The van der Waals surface area contributed by atoms with Gasteiger partial charge in [-0.15, -0.1) is 0 Å². The molecule has 2 heterocycles. The first-order valence-electron chi connectivity index (χ1n) is 7.53. The van der Waals surface area contributed by atoms with Crippen LogP contribution in [0.2, 0.25) is 5.02 Å². The van der Waals surface area contributed by atoms with Gasteiger partial charge in [0.25, 0.3) is 5.91 Å². The minimum absolute atomic E-state index is 0.149. The summed E-state index contributed by atoms with van der Waals surface area (Å²) in [7, 11) is 3.26. The molecule has 0 spiro atoms. The Morgan fingerprint density at radius 2 is 2.17 bits per heavy atom. The number of aliphatic carboxylic acids is 1. The number of rotatable bonds is 5. The third-order valence-corrected chi connectivity index (χ3v) is 5.02. The van der Waals surface area contributed by atoms with Crippen LogP contribution in [0, 0.1) is 12.3 Å². The summed E-state index contributed by atoms with van der Waals surface area (Å²) >= 11 is 6.18. The summed E-state index contributed by atoms with van der Waals surface area (Å²) < 4.78 is 6.59. The summed E-state index contributed by atoms with van der Waals surface area (Å²) in [6.45, 7) is 2.78. The molecule has 0 bridgehead atoms. The van der Waals surface area contributed by atoms with Crippen LogP contribution in [0.3, 0.4) is 0 Å². The summed E-state index contributed by atoms with van der Waals surface area (Å²) in [6.07, 6.45) is 1.53. The Bertz CT molecular complexity index is 616. The molecule has 1 atom stereocenters. The molecule has 0 aromatic carbocycles. The number of carboxylic acid groups (broad SMARTS) is 1. The molecule has 2 rings (SSSR count). The fraction of sp³-hybridized carbons (Fsp3) is 0.667. The summed E-state index contributed by atoms with van der Waals surface area (Å²) in [5.74, 6) is -1.21. The molecule has 1 aromatic heterocycles. The van der Waals surface area contributed by atoms with E-state index in [9.17, 15) is 14.7 Å². The van der Waals surface area contributed by atoms with Crippen molar-refractivity contribution in [2.75, 3.05) is 26.8 Å². The van der Waals surface area contributed by atoms with E-state index in [1.54, 1.807) is 23.6 Å². The number of methoxy groups -OCH3 is 1. The van der Waals surface area contributed by atoms with Crippen molar-refractivity contribution in [2.45, 2.75) is 26.2 Å². The third kappa shape index (κ3) is 3.35. The van der Waals surface area contributed by atoms with E-state index in [0.717, 1.165) is 0 Å². The summed E-state index contributed by atoms with van der Waals surface area (Å²) in [5.41, 5.74) is -0.0873. The Morgan fingerprint density at radius 1 is 1.48 bits per heavy atom. The zero-order valence-corrected chi connectivity index (χ0v) is 14.4. The lowest BCUT2D eigenvalue weighted by Crippen LogP contribution is -2.50. The van der Waals surface area contributed by atoms with Gasteiger partial charge in [0, 0.05) is 33.9 Å². The quantitative estimate of drug-likeness (QED) is 0.880. The molecule has 7 nitrogen and oxygen atoms in total. The molecule has 1 aromatic rings. The predicted octanol–water partition coefficient (Wildman–Crippen LogP) is 1.73. The van der Waals surface area contributed by atoms with E-state index in [0.29, 0.717) is 43.1 Å². The van der Waals surface area contributed by atoms with E-state index in [-0.39, 0.29) is 18.1 Å². The van der Waals surface area contributed by atoms with Crippen molar-refractivity contribution in [1.29, 1.82) is 0 Å². The molecule has 0 unspecified atom stereocenters. The first kappa shape index (κ1) is 17.7. The molecular weight excluding hydrogens is 322 g/mol. The lowest BCUT2D eigenvalue weighted by Gasteiger charge is -2.39. The number of hydrogen-bond acceptors (Lipinski definition) is 4. The molecule has 1 aliphatic heterocycles. The predicted molar refractivity (Wildman–Crippen MR) is 84.7 cm³/mol. The Hall–Kier alpha value is -1.60. The van der Waals surface area contributed by atoms with Gasteiger partial charge in [-0.1, -0.05) is 11.6 Å². The first-order valence-corrected chi connectivity index (χ1v) is 7.91. The highest BCUT2D eigenvalue weighted by atomic mass is 35.5. The molecule has 0 saturated carbocycles. The molecule has 1 N–H and O–H groups in total. The van der Waals surface area contributed by atoms with Gasteiger partial charge in [0.2, 0.25) is 0 Å². The zero-order chi connectivity index (χ0) is 17.2. The minimum Gasteiger partial charge on any atom is -0.481 e. The summed E-state index contributed by atoms with van der Waals surface area (Å²) in [5, 5.41) is 14.1. The van der Waals surface area contributed by atoms with Crippen LogP contribution in [-0.2, 0) is 16.6 Å². The molecule has 1 amide bonds. The number of carbonyl (C=O) groups is 2. The summed E-state index contributed by atoms with van der Waals surface area (Å²) in [6, 6.07) is 0. The molecule has 1 saturated heterocycles. The van der Waals surface area contributed by atoms with Crippen molar-refractivity contribution >= 4 is 23.5 Å². The number of carboxylic acids is 1. The van der Waals surface area contributed by atoms with Gasteiger partial charge in [0.15, 0.2) is 5.69 Å². The molecule has 8 heteroatoms. The maximum Gasteiger partial charge on any atom is 0.311 e. The second-order valence-electron chi connectivity index (χ2n) is 6.03. The van der Waals surface area contributed by atoms with Crippen LogP contribution in [-0.4, -0.2) is 58.5 Å². The molecule has 128 valence electrons. The lowest BCUT2D eigenvalue weighted by molar-refractivity contribution is -0.153. The fourth-order valence-corrected chi connectivity index (χ4v) is 3.20. The highest BCUT2D eigenvalue weighted by Crippen LogP contribution is 2.35. The number of piperidine rings is 1. The number of hydrogen-bond donors (Lipinski definition) is 1. The Morgan fingerprint density at radius 3 is 2.70 bits per heavy atom. The van der Waals surface area contributed by atoms with Gasteiger partial charge in [-0.05, 0) is 26.2 Å². The van der Waals surface area contributed by atoms with Crippen molar-refractivity contribution in [3.05, 3.63) is 16.4 Å². The number of likely N-dealkylation sites (tertiary alicyclic amines) is 1. The number of amides is 1. The fourth-order valence-electron chi connectivity index (χ4n) is 2.96. The van der Waals surface area contributed by atoms with Crippen LogP contribution in [0.4, 0.5) is 0 Å². The van der Waals surface area contributed by atoms with Crippen LogP contribution in [0.1, 0.15) is 35.4 Å². The monoisotopic (exact) mass is 343 g/mol. The lowest BCUT2D eigenvalue weighted by atomic mass is 9.77. The van der Waals surface area contributed by atoms with Gasteiger partial charge in [-0.3, -0.25) is 14.3 Å². The molecule has 1 aliphatic rings. The van der Waals surface area contributed by atoms with E-state index < -0.39 is 11.4 Å². The number of carbonyl (C=O) groups excluding carboxylic acids is 1. The highest BCUT2D eigenvalue weighted by Gasteiger charge is 2.44. The normalized spacial score (nSPS) is 21.5. The Labute approximate surface area is 140 Å². The van der Waals surface area contributed by atoms with E-state index >= 15 is 0 Å². The van der Waals surface area contributed by atoms with E-state index in [4.69, 9.17) is 16.3 Å². The second-order valence-corrected chi connectivity index (χ2v) is 6.41. The van der Waals surface area contributed by atoms with Crippen molar-refractivity contribution in [1.82, 2.24) is 14.7 Å².